The average molecular weight is 276 g/mol. The van der Waals surface area contributed by atoms with Crippen LogP contribution in [-0.4, -0.2) is 28.4 Å². The third kappa shape index (κ3) is 2.71. The lowest BCUT2D eigenvalue weighted by Crippen LogP contribution is -2.35. The molecule has 2 saturated carbocycles. The van der Waals surface area contributed by atoms with Crippen LogP contribution in [0, 0.1) is 6.92 Å². The van der Waals surface area contributed by atoms with Crippen LogP contribution in [0.3, 0.4) is 0 Å². The molecule has 1 N–H and O–H groups in total. The Morgan fingerprint density at radius 2 is 1.95 bits per heavy atom. The smallest absolute Gasteiger partial charge is 0.131 e. The summed E-state index contributed by atoms with van der Waals surface area (Å²) >= 11 is 0. The first-order chi connectivity index (χ1) is 9.70. The summed E-state index contributed by atoms with van der Waals surface area (Å²) in [5.74, 6) is 1.35. The lowest BCUT2D eigenvalue weighted by molar-refractivity contribution is 0.586. The van der Waals surface area contributed by atoms with Crippen LogP contribution in [0.1, 0.15) is 56.7 Å². The number of nitrogens with one attached hydrogen (secondary N) is 1. The van der Waals surface area contributed by atoms with Crippen LogP contribution in [0.15, 0.2) is 0 Å². The Kier molecular flexibility index (Phi) is 4.01. The molecular formula is C16H28N4. The van der Waals surface area contributed by atoms with Crippen molar-refractivity contribution < 1.29 is 0 Å². The molecule has 0 radical (unpaired) electrons. The quantitative estimate of drug-likeness (QED) is 0.867. The highest BCUT2D eigenvalue weighted by molar-refractivity contribution is 5.51. The maximum Gasteiger partial charge on any atom is 0.131 e. The first kappa shape index (κ1) is 13.9. The van der Waals surface area contributed by atoms with Gasteiger partial charge in [0, 0.05) is 37.8 Å². The Balaban J connectivity index is 1.84. The number of nitrogens with zero attached hydrogens (tertiary/aromatic N) is 3. The number of aromatic nitrogens is 2. The van der Waals surface area contributed by atoms with Crippen molar-refractivity contribution in [2.75, 3.05) is 11.4 Å². The highest BCUT2D eigenvalue weighted by atomic mass is 15.4. The van der Waals surface area contributed by atoms with E-state index in [-0.39, 0.29) is 0 Å². The molecule has 0 saturated heterocycles. The molecule has 2 fully saturated rings. The van der Waals surface area contributed by atoms with Crippen molar-refractivity contribution >= 4 is 5.82 Å². The molecule has 20 heavy (non-hydrogen) atoms. The normalized spacial score (nSPS) is 19.8. The lowest BCUT2D eigenvalue weighted by Gasteiger charge is -2.30. The molecule has 3 rings (SSSR count). The van der Waals surface area contributed by atoms with E-state index in [1.165, 1.54) is 55.6 Å². The minimum atomic E-state index is 0.717. The molecule has 0 spiro atoms. The van der Waals surface area contributed by atoms with Gasteiger partial charge in [-0.1, -0.05) is 12.8 Å². The second-order valence-corrected chi connectivity index (χ2v) is 6.39. The van der Waals surface area contributed by atoms with Gasteiger partial charge < -0.3 is 10.2 Å². The van der Waals surface area contributed by atoms with E-state index in [2.05, 4.69) is 40.9 Å². The fraction of sp³-hybridized carbons (Fsp3) is 0.812. The predicted molar refractivity (Wildman–Crippen MR) is 83.1 cm³/mol. The van der Waals surface area contributed by atoms with Gasteiger partial charge >= 0.3 is 0 Å². The molecule has 2 aliphatic rings. The molecule has 0 aliphatic heterocycles. The minimum absolute atomic E-state index is 0.717. The van der Waals surface area contributed by atoms with Gasteiger partial charge in [0.1, 0.15) is 5.82 Å². The van der Waals surface area contributed by atoms with Crippen LogP contribution >= 0.6 is 0 Å². The van der Waals surface area contributed by atoms with E-state index in [9.17, 15) is 0 Å². The highest BCUT2D eigenvalue weighted by Gasteiger charge is 2.28. The summed E-state index contributed by atoms with van der Waals surface area (Å²) in [6, 6.07) is 1.47. The third-order valence-corrected chi connectivity index (χ3v) is 4.84. The van der Waals surface area contributed by atoms with Crippen molar-refractivity contribution in [3.63, 3.8) is 0 Å². The summed E-state index contributed by atoms with van der Waals surface area (Å²) in [7, 11) is 2.10. The van der Waals surface area contributed by atoms with Crippen molar-refractivity contribution in [2.24, 2.45) is 7.05 Å². The summed E-state index contributed by atoms with van der Waals surface area (Å²) in [5.41, 5.74) is 2.60. The van der Waals surface area contributed by atoms with Gasteiger partial charge in [0.2, 0.25) is 0 Å². The van der Waals surface area contributed by atoms with Crippen LogP contribution < -0.4 is 10.2 Å². The molecule has 0 atom stereocenters. The monoisotopic (exact) mass is 276 g/mol. The lowest BCUT2D eigenvalue weighted by atomic mass is 10.1. The van der Waals surface area contributed by atoms with Gasteiger partial charge in [-0.3, -0.25) is 4.68 Å². The second-order valence-electron chi connectivity index (χ2n) is 6.39. The molecule has 4 heteroatoms. The summed E-state index contributed by atoms with van der Waals surface area (Å²) in [6.07, 6.45) is 8.13. The van der Waals surface area contributed by atoms with Gasteiger partial charge in [-0.15, -0.1) is 0 Å². The van der Waals surface area contributed by atoms with Gasteiger partial charge in [-0.25, -0.2) is 0 Å². The van der Waals surface area contributed by atoms with Crippen molar-refractivity contribution in [3.8, 4) is 0 Å². The molecule has 1 heterocycles. The maximum absolute atomic E-state index is 4.68. The summed E-state index contributed by atoms with van der Waals surface area (Å²) in [5, 5.41) is 8.34. The van der Waals surface area contributed by atoms with Gasteiger partial charge in [-0.05, 0) is 39.5 Å². The number of hydrogen-bond acceptors (Lipinski definition) is 3. The fourth-order valence-corrected chi connectivity index (χ4v) is 3.59. The van der Waals surface area contributed by atoms with Crippen LogP contribution in [0.4, 0.5) is 5.82 Å². The molecule has 2 aliphatic carbocycles. The van der Waals surface area contributed by atoms with Gasteiger partial charge in [-0.2, -0.15) is 5.10 Å². The molecule has 1 aromatic rings. The zero-order valence-electron chi connectivity index (χ0n) is 13.2. The first-order valence-corrected chi connectivity index (χ1v) is 8.23. The van der Waals surface area contributed by atoms with E-state index in [0.29, 0.717) is 0 Å². The molecule has 0 unspecified atom stereocenters. The average Bonchev–Trinajstić information content (AvgIpc) is 3.01. The van der Waals surface area contributed by atoms with Gasteiger partial charge in [0.15, 0.2) is 0 Å². The van der Waals surface area contributed by atoms with Crippen molar-refractivity contribution in [2.45, 2.75) is 71.0 Å². The van der Waals surface area contributed by atoms with E-state index in [1.54, 1.807) is 0 Å². The van der Waals surface area contributed by atoms with Crippen molar-refractivity contribution in [3.05, 3.63) is 11.3 Å². The van der Waals surface area contributed by atoms with Crippen LogP contribution in [0.25, 0.3) is 0 Å². The molecule has 0 amide bonds. The van der Waals surface area contributed by atoms with E-state index < -0.39 is 0 Å². The Bertz CT molecular complexity index is 455. The SMILES string of the molecule is CCN(c1c(CNC2CC2)c(C)nn1C)C1CCCC1. The Morgan fingerprint density at radius 3 is 2.55 bits per heavy atom. The number of anilines is 1. The largest absolute Gasteiger partial charge is 0.354 e. The first-order valence-electron chi connectivity index (χ1n) is 8.23. The second kappa shape index (κ2) is 5.76. The topological polar surface area (TPSA) is 33.1 Å². The maximum atomic E-state index is 4.68. The fourth-order valence-electron chi connectivity index (χ4n) is 3.59. The Morgan fingerprint density at radius 1 is 1.25 bits per heavy atom. The van der Waals surface area contributed by atoms with E-state index >= 15 is 0 Å². The van der Waals surface area contributed by atoms with Crippen LogP contribution in [0.5, 0.6) is 0 Å². The van der Waals surface area contributed by atoms with Gasteiger partial charge in [0.25, 0.3) is 0 Å². The zero-order chi connectivity index (χ0) is 14.1. The van der Waals surface area contributed by atoms with Crippen molar-refractivity contribution in [1.82, 2.24) is 15.1 Å². The number of hydrogen-bond donors (Lipinski definition) is 1. The molecule has 4 nitrogen and oxygen atoms in total. The Hall–Kier alpha value is -1.03. The summed E-state index contributed by atoms with van der Waals surface area (Å²) in [6.45, 7) is 6.48. The zero-order valence-corrected chi connectivity index (χ0v) is 13.2. The predicted octanol–water partition coefficient (Wildman–Crippen LogP) is 2.75. The van der Waals surface area contributed by atoms with Crippen LogP contribution in [0.2, 0.25) is 0 Å². The standard InChI is InChI=1S/C16H28N4/c1-4-20(14-7-5-6-8-14)16-15(11-17-13-9-10-13)12(2)18-19(16)3/h13-14,17H,4-11H2,1-3H3. The number of aryl methyl sites for hydroxylation is 2. The van der Waals surface area contributed by atoms with E-state index in [1.807, 2.05) is 0 Å². The molecule has 1 aromatic heterocycles. The third-order valence-electron chi connectivity index (χ3n) is 4.84. The summed E-state index contributed by atoms with van der Waals surface area (Å²) in [4.78, 5) is 2.59. The Labute approximate surface area is 122 Å². The van der Waals surface area contributed by atoms with E-state index in [0.717, 1.165) is 25.2 Å². The summed E-state index contributed by atoms with van der Waals surface area (Å²) < 4.78 is 2.10. The highest BCUT2D eigenvalue weighted by Crippen LogP contribution is 2.32. The van der Waals surface area contributed by atoms with Crippen LogP contribution in [-0.2, 0) is 13.6 Å². The molecule has 0 aromatic carbocycles. The molecule has 0 bridgehead atoms. The molecular weight excluding hydrogens is 248 g/mol. The van der Waals surface area contributed by atoms with Gasteiger partial charge in [0.05, 0.1) is 5.69 Å². The number of rotatable bonds is 6. The molecule has 112 valence electrons. The van der Waals surface area contributed by atoms with Crippen molar-refractivity contribution in [1.29, 1.82) is 0 Å². The van der Waals surface area contributed by atoms with E-state index in [4.69, 9.17) is 0 Å². The minimum Gasteiger partial charge on any atom is -0.354 e.